The van der Waals surface area contributed by atoms with Crippen LogP contribution in [0.2, 0.25) is 0 Å². The first-order valence-electron chi connectivity index (χ1n) is 11.2. The third-order valence-corrected chi connectivity index (χ3v) is 5.33. The number of rotatable bonds is 20. The van der Waals surface area contributed by atoms with Crippen molar-refractivity contribution in [1.29, 1.82) is 0 Å². The molecule has 0 saturated carbocycles. The Morgan fingerprint density at radius 1 is 0.862 bits per heavy atom. The summed E-state index contributed by atoms with van der Waals surface area (Å²) in [5, 5.41) is 11.4. The molecule has 6 nitrogen and oxygen atoms in total. The summed E-state index contributed by atoms with van der Waals surface area (Å²) in [6.07, 6.45) is 15.3. The second kappa shape index (κ2) is 21.6. The maximum absolute atomic E-state index is 11.4. The molecule has 0 aromatic rings. The molecule has 0 aliphatic rings. The fourth-order valence-corrected chi connectivity index (χ4v) is 3.77. The van der Waals surface area contributed by atoms with Gasteiger partial charge >= 0.3 is 40.0 Å². The van der Waals surface area contributed by atoms with Crippen molar-refractivity contribution in [2.75, 3.05) is 6.54 Å². The average Bonchev–Trinajstić information content (AvgIpc) is 2.63. The van der Waals surface area contributed by atoms with Gasteiger partial charge in [-0.25, -0.2) is 4.18 Å². The molecule has 0 heterocycles. The molecule has 0 saturated heterocycles. The van der Waals surface area contributed by atoms with Crippen molar-refractivity contribution in [3.63, 3.8) is 0 Å². The minimum Gasteiger partial charge on any atom is -0.862 e. The van der Waals surface area contributed by atoms with Crippen molar-refractivity contribution >= 4 is 16.3 Å². The molecule has 0 aromatic carbocycles. The van der Waals surface area contributed by atoms with Crippen LogP contribution in [0.3, 0.4) is 0 Å². The van der Waals surface area contributed by atoms with Crippen LogP contribution in [0.4, 0.5) is 0 Å². The minimum atomic E-state index is -4.37. The SMILES string of the molecule is CCCCCCC(CCCCCCCCCCC([O-])=NCCC)OS(=O)(=O)O.[Na+]. The molecule has 1 unspecified atom stereocenters. The Morgan fingerprint density at radius 2 is 1.34 bits per heavy atom. The van der Waals surface area contributed by atoms with Gasteiger partial charge in [-0.2, -0.15) is 8.42 Å². The Bertz CT molecular complexity index is 485. The average molecular weight is 444 g/mol. The summed E-state index contributed by atoms with van der Waals surface area (Å²) in [5.74, 6) is 0.0400. The number of hydrogen-bond donors (Lipinski definition) is 1. The van der Waals surface area contributed by atoms with E-state index in [9.17, 15) is 13.5 Å². The molecule has 0 bridgehead atoms. The molecule has 8 heteroatoms. The molecule has 0 aliphatic heterocycles. The van der Waals surface area contributed by atoms with Crippen LogP contribution in [-0.2, 0) is 14.6 Å². The molecular weight excluding hydrogens is 401 g/mol. The zero-order valence-corrected chi connectivity index (χ0v) is 21.9. The number of nitrogens with zero attached hydrogens (tertiary/aromatic N) is 1. The minimum absolute atomic E-state index is 0. The second-order valence-electron chi connectivity index (χ2n) is 7.64. The smallest absolute Gasteiger partial charge is 0.862 e. The van der Waals surface area contributed by atoms with Crippen LogP contribution < -0.4 is 34.7 Å². The molecule has 0 rings (SSSR count). The monoisotopic (exact) mass is 443 g/mol. The number of unbranched alkanes of at least 4 members (excludes halogenated alkanes) is 10. The van der Waals surface area contributed by atoms with Gasteiger partial charge in [-0.3, -0.25) is 4.55 Å². The zero-order chi connectivity index (χ0) is 21.1. The molecule has 168 valence electrons. The van der Waals surface area contributed by atoms with Crippen molar-refractivity contribution in [2.45, 2.75) is 123 Å². The zero-order valence-electron chi connectivity index (χ0n) is 19.0. The second-order valence-corrected chi connectivity index (χ2v) is 8.69. The molecule has 0 fully saturated rings. The van der Waals surface area contributed by atoms with Crippen molar-refractivity contribution in [1.82, 2.24) is 0 Å². The standard InChI is InChI=1S/C21H43NO5S.Na/c1-3-5-6-13-16-20(27-28(24,25)26)17-14-11-9-7-8-10-12-15-18-21(23)22-19-4-2;/h20H,3-19H2,1-2H3,(H,22,23)(H,24,25,26);/q;+1/p-1. The van der Waals surface area contributed by atoms with E-state index in [0.29, 0.717) is 25.8 Å². The van der Waals surface area contributed by atoms with Crippen molar-refractivity contribution in [2.24, 2.45) is 4.99 Å². The van der Waals surface area contributed by atoms with Gasteiger partial charge in [0.05, 0.1) is 6.10 Å². The van der Waals surface area contributed by atoms with E-state index >= 15 is 0 Å². The molecule has 0 aromatic heterocycles. The van der Waals surface area contributed by atoms with E-state index in [0.717, 1.165) is 77.0 Å². The van der Waals surface area contributed by atoms with Crippen LogP contribution in [0.1, 0.15) is 117 Å². The van der Waals surface area contributed by atoms with Gasteiger partial charge < -0.3 is 10.1 Å². The van der Waals surface area contributed by atoms with Gasteiger partial charge in [0.25, 0.3) is 0 Å². The van der Waals surface area contributed by atoms with E-state index in [4.69, 9.17) is 8.74 Å². The van der Waals surface area contributed by atoms with Crippen molar-refractivity contribution < 1.29 is 51.8 Å². The number of aliphatic imine (C=N–C) groups is 1. The van der Waals surface area contributed by atoms with Crippen LogP contribution in [-0.4, -0.2) is 31.5 Å². The van der Waals surface area contributed by atoms with Crippen molar-refractivity contribution in [3.05, 3.63) is 0 Å². The Kier molecular flexibility index (Phi) is 23.4. The van der Waals surface area contributed by atoms with Gasteiger partial charge in [0, 0.05) is 6.54 Å². The first-order chi connectivity index (χ1) is 13.4. The van der Waals surface area contributed by atoms with Gasteiger partial charge in [0.15, 0.2) is 0 Å². The Morgan fingerprint density at radius 3 is 1.83 bits per heavy atom. The molecule has 1 atom stereocenters. The van der Waals surface area contributed by atoms with Crippen molar-refractivity contribution in [3.8, 4) is 0 Å². The third kappa shape index (κ3) is 24.5. The normalized spacial score (nSPS) is 13.3. The van der Waals surface area contributed by atoms with Crippen LogP contribution in [0.25, 0.3) is 0 Å². The van der Waals surface area contributed by atoms with Crippen LogP contribution >= 0.6 is 0 Å². The fourth-order valence-electron chi connectivity index (χ4n) is 3.24. The predicted octanol–water partition coefficient (Wildman–Crippen LogP) is 2.22. The Hall–Kier alpha value is 0.340. The molecule has 0 spiro atoms. The summed E-state index contributed by atoms with van der Waals surface area (Å²) in [7, 11) is -4.37. The van der Waals surface area contributed by atoms with Gasteiger partial charge in [-0.15, -0.1) is 0 Å². The molecule has 1 N–H and O–H groups in total. The van der Waals surface area contributed by atoms with E-state index in [2.05, 4.69) is 11.9 Å². The summed E-state index contributed by atoms with van der Waals surface area (Å²) >= 11 is 0. The number of hydrogen-bond acceptors (Lipinski definition) is 5. The third-order valence-electron chi connectivity index (χ3n) is 4.82. The Balaban J connectivity index is 0. The fraction of sp³-hybridized carbons (Fsp3) is 0.952. The molecule has 0 amide bonds. The van der Waals surface area contributed by atoms with Gasteiger partial charge in [-0.1, -0.05) is 84.5 Å². The van der Waals surface area contributed by atoms with E-state index in [-0.39, 0.29) is 35.5 Å². The maximum Gasteiger partial charge on any atom is 1.00 e. The van der Waals surface area contributed by atoms with Gasteiger partial charge in [0.2, 0.25) is 0 Å². The molecular formula is C21H42NNaO5S. The predicted molar refractivity (Wildman–Crippen MR) is 114 cm³/mol. The first kappa shape index (κ1) is 31.5. The molecule has 29 heavy (non-hydrogen) atoms. The quantitative estimate of drug-likeness (QED) is 0.102. The topological polar surface area (TPSA) is 99.0 Å². The van der Waals surface area contributed by atoms with Crippen LogP contribution in [0, 0.1) is 0 Å². The van der Waals surface area contributed by atoms with Gasteiger partial charge in [0.1, 0.15) is 0 Å². The van der Waals surface area contributed by atoms with E-state index < -0.39 is 16.5 Å². The maximum atomic E-state index is 11.4. The molecule has 0 radical (unpaired) electrons. The summed E-state index contributed by atoms with van der Waals surface area (Å²) in [6, 6.07) is 0. The van der Waals surface area contributed by atoms with E-state index in [1.165, 1.54) is 6.42 Å². The Labute approximate surface area is 201 Å². The van der Waals surface area contributed by atoms with Crippen LogP contribution in [0.15, 0.2) is 4.99 Å². The molecule has 0 aliphatic carbocycles. The summed E-state index contributed by atoms with van der Waals surface area (Å²) in [4.78, 5) is 3.97. The first-order valence-corrected chi connectivity index (χ1v) is 12.6. The van der Waals surface area contributed by atoms with Gasteiger partial charge in [-0.05, 0) is 38.0 Å². The summed E-state index contributed by atoms with van der Waals surface area (Å²) < 4.78 is 35.7. The van der Waals surface area contributed by atoms with E-state index in [1.807, 2.05) is 6.92 Å². The summed E-state index contributed by atoms with van der Waals surface area (Å²) in [5.41, 5.74) is 0. The van der Waals surface area contributed by atoms with Crippen LogP contribution in [0.5, 0.6) is 0 Å². The van der Waals surface area contributed by atoms with E-state index in [1.54, 1.807) is 0 Å². The largest absolute Gasteiger partial charge is 1.00 e. The summed E-state index contributed by atoms with van der Waals surface area (Å²) in [6.45, 7) is 4.80.